The van der Waals surface area contributed by atoms with Crippen molar-refractivity contribution in [1.82, 2.24) is 0 Å². The van der Waals surface area contributed by atoms with Gasteiger partial charge in [0.05, 0.1) is 14.2 Å². The molecule has 0 aromatic heterocycles. The number of ether oxygens (including phenoxy) is 4. The van der Waals surface area contributed by atoms with Gasteiger partial charge in [-0.25, -0.2) is 4.79 Å². The first-order valence-electron chi connectivity index (χ1n) is 11.2. The van der Waals surface area contributed by atoms with E-state index in [2.05, 4.69) is 6.92 Å². The Bertz CT molecular complexity index is 883. The second-order valence-electron chi connectivity index (χ2n) is 8.01. The average Bonchev–Trinajstić information content (AvgIpc) is 3.17. The zero-order chi connectivity index (χ0) is 23.7. The fourth-order valence-corrected chi connectivity index (χ4v) is 3.76. The summed E-state index contributed by atoms with van der Waals surface area (Å²) in [6.07, 6.45) is 7.29. The molecule has 0 amide bonds. The number of esters is 3. The summed E-state index contributed by atoms with van der Waals surface area (Å²) in [6, 6.07) is 0. The van der Waals surface area contributed by atoms with Crippen LogP contribution in [0, 0.1) is 6.92 Å². The number of hydrogen-bond donors (Lipinski definition) is 0. The Morgan fingerprint density at radius 1 is 1.03 bits per heavy atom. The van der Waals surface area contributed by atoms with Gasteiger partial charge >= 0.3 is 17.9 Å². The molecule has 0 saturated heterocycles. The number of rotatable bonds is 12. The first-order valence-corrected chi connectivity index (χ1v) is 11.2. The van der Waals surface area contributed by atoms with E-state index in [1.54, 1.807) is 7.11 Å². The van der Waals surface area contributed by atoms with Crippen LogP contribution in [0.5, 0.6) is 11.5 Å². The Balaban J connectivity index is 2.36. The number of allylic oxidation sites excluding steroid dienone is 2. The highest BCUT2D eigenvalue weighted by Gasteiger charge is 2.34. The summed E-state index contributed by atoms with van der Waals surface area (Å²) in [6.45, 7) is 6.03. The van der Waals surface area contributed by atoms with E-state index in [0.717, 1.165) is 36.8 Å². The largest absolute Gasteiger partial charge is 0.496 e. The Hall–Kier alpha value is -2.83. The van der Waals surface area contributed by atoms with Crippen molar-refractivity contribution in [3.8, 4) is 11.5 Å². The molecule has 1 aliphatic rings. The van der Waals surface area contributed by atoms with Gasteiger partial charge in [-0.3, -0.25) is 9.59 Å². The van der Waals surface area contributed by atoms with E-state index in [4.69, 9.17) is 18.9 Å². The molecule has 32 heavy (non-hydrogen) atoms. The van der Waals surface area contributed by atoms with Crippen molar-refractivity contribution < 1.29 is 33.3 Å². The van der Waals surface area contributed by atoms with Gasteiger partial charge in [-0.2, -0.15) is 0 Å². The van der Waals surface area contributed by atoms with Crippen molar-refractivity contribution in [2.45, 2.75) is 78.7 Å². The number of fused-ring (bicyclic) bond motifs is 1. The van der Waals surface area contributed by atoms with Crippen LogP contribution in [0.25, 0.3) is 0 Å². The van der Waals surface area contributed by atoms with Crippen molar-refractivity contribution in [3.63, 3.8) is 0 Å². The van der Waals surface area contributed by atoms with Gasteiger partial charge in [0.15, 0.2) is 5.75 Å². The van der Waals surface area contributed by atoms with E-state index in [9.17, 15) is 14.4 Å². The lowest BCUT2D eigenvalue weighted by Gasteiger charge is -2.19. The third-order valence-corrected chi connectivity index (χ3v) is 5.68. The predicted molar refractivity (Wildman–Crippen MR) is 120 cm³/mol. The van der Waals surface area contributed by atoms with Crippen molar-refractivity contribution in [1.29, 1.82) is 0 Å². The molecule has 1 aliphatic heterocycles. The number of hydrogen-bond acceptors (Lipinski definition) is 7. The van der Waals surface area contributed by atoms with Crippen molar-refractivity contribution >= 4 is 17.9 Å². The first kappa shape index (κ1) is 25.4. The fourth-order valence-electron chi connectivity index (χ4n) is 3.76. The van der Waals surface area contributed by atoms with Gasteiger partial charge in [0.25, 0.3) is 0 Å². The molecule has 1 aromatic rings. The number of methoxy groups -OCH3 is 2. The average molecular weight is 447 g/mol. The zero-order valence-corrected chi connectivity index (χ0v) is 19.8. The molecular weight excluding hydrogens is 412 g/mol. The van der Waals surface area contributed by atoms with E-state index in [0.29, 0.717) is 35.3 Å². The van der Waals surface area contributed by atoms with E-state index in [1.807, 2.05) is 19.9 Å². The molecule has 0 saturated carbocycles. The Morgan fingerprint density at radius 2 is 1.78 bits per heavy atom. The van der Waals surface area contributed by atoms with Crippen LogP contribution in [0.15, 0.2) is 11.6 Å². The highest BCUT2D eigenvalue weighted by Crippen LogP contribution is 2.43. The smallest absolute Gasteiger partial charge is 0.342 e. The quantitative estimate of drug-likeness (QED) is 0.193. The standard InChI is InChI=1S/C25H34O7/c1-6-7-8-9-10-21(27)32-24-18(13-11-16(2)12-14-20(26)29-4)23(30-5)17(3)19-15-31-25(28)22(19)24/h11H,6-10,12-15H2,1-5H3/b16-11+. The molecular formula is C25H34O7. The molecule has 0 bridgehead atoms. The molecule has 176 valence electrons. The maximum Gasteiger partial charge on any atom is 0.342 e. The van der Waals surface area contributed by atoms with Crippen LogP contribution in [0.2, 0.25) is 0 Å². The van der Waals surface area contributed by atoms with E-state index in [-0.39, 0.29) is 37.1 Å². The van der Waals surface area contributed by atoms with Gasteiger partial charge in [0.1, 0.15) is 17.9 Å². The molecule has 0 fully saturated rings. The highest BCUT2D eigenvalue weighted by molar-refractivity contribution is 5.99. The van der Waals surface area contributed by atoms with Crippen LogP contribution in [-0.2, 0) is 32.1 Å². The Labute approximate surface area is 190 Å². The van der Waals surface area contributed by atoms with Gasteiger partial charge in [-0.05, 0) is 38.7 Å². The van der Waals surface area contributed by atoms with Gasteiger partial charge in [0, 0.05) is 24.0 Å². The molecule has 1 aromatic carbocycles. The third-order valence-electron chi connectivity index (χ3n) is 5.68. The summed E-state index contributed by atoms with van der Waals surface area (Å²) >= 11 is 0. The summed E-state index contributed by atoms with van der Waals surface area (Å²) in [5.41, 5.74) is 3.40. The molecule has 0 N–H and O–H groups in total. The normalized spacial score (nSPS) is 12.9. The van der Waals surface area contributed by atoms with Crippen LogP contribution in [0.3, 0.4) is 0 Å². The highest BCUT2D eigenvalue weighted by atomic mass is 16.6. The minimum absolute atomic E-state index is 0.131. The van der Waals surface area contributed by atoms with Gasteiger partial charge < -0.3 is 18.9 Å². The third kappa shape index (κ3) is 6.34. The Kier molecular flexibility index (Phi) is 9.75. The van der Waals surface area contributed by atoms with Crippen molar-refractivity contribution in [3.05, 3.63) is 33.9 Å². The molecule has 2 rings (SSSR count). The number of carbonyl (C=O) groups excluding carboxylic acids is 3. The van der Waals surface area contributed by atoms with Gasteiger partial charge in [-0.1, -0.05) is 37.8 Å². The zero-order valence-electron chi connectivity index (χ0n) is 19.8. The summed E-state index contributed by atoms with van der Waals surface area (Å²) < 4.78 is 21.4. The van der Waals surface area contributed by atoms with E-state index in [1.165, 1.54) is 7.11 Å². The maximum absolute atomic E-state index is 12.6. The van der Waals surface area contributed by atoms with E-state index < -0.39 is 5.97 Å². The lowest BCUT2D eigenvalue weighted by Crippen LogP contribution is -2.14. The maximum atomic E-state index is 12.6. The second kappa shape index (κ2) is 12.3. The van der Waals surface area contributed by atoms with Crippen molar-refractivity contribution in [2.24, 2.45) is 0 Å². The lowest BCUT2D eigenvalue weighted by molar-refractivity contribution is -0.140. The molecule has 0 aliphatic carbocycles. The predicted octanol–water partition coefficient (Wildman–Crippen LogP) is 4.99. The molecule has 0 unspecified atom stereocenters. The Morgan fingerprint density at radius 3 is 2.44 bits per heavy atom. The second-order valence-corrected chi connectivity index (χ2v) is 8.01. The summed E-state index contributed by atoms with van der Waals surface area (Å²) in [4.78, 5) is 36.5. The minimum atomic E-state index is -0.493. The summed E-state index contributed by atoms with van der Waals surface area (Å²) in [7, 11) is 2.92. The monoisotopic (exact) mass is 446 g/mol. The van der Waals surface area contributed by atoms with Crippen LogP contribution in [0.1, 0.15) is 85.8 Å². The van der Waals surface area contributed by atoms with Gasteiger partial charge in [0.2, 0.25) is 0 Å². The molecule has 0 atom stereocenters. The number of benzene rings is 1. The molecule has 7 heteroatoms. The fraction of sp³-hybridized carbons (Fsp3) is 0.560. The van der Waals surface area contributed by atoms with Crippen molar-refractivity contribution in [2.75, 3.05) is 14.2 Å². The molecule has 0 spiro atoms. The molecule has 0 radical (unpaired) electrons. The number of carbonyl (C=O) groups is 3. The topological polar surface area (TPSA) is 88.1 Å². The van der Waals surface area contributed by atoms with E-state index >= 15 is 0 Å². The van der Waals surface area contributed by atoms with Gasteiger partial charge in [-0.15, -0.1) is 0 Å². The SMILES string of the molecule is CCCCCCC(=O)Oc1c(C/C=C(\C)CCC(=O)OC)c(OC)c(C)c2c1C(=O)OC2. The first-order chi connectivity index (χ1) is 15.3. The lowest BCUT2D eigenvalue weighted by atomic mass is 9.94. The van der Waals surface area contributed by atoms with Crippen LogP contribution in [0.4, 0.5) is 0 Å². The van der Waals surface area contributed by atoms with Crippen LogP contribution < -0.4 is 9.47 Å². The molecule has 7 nitrogen and oxygen atoms in total. The van der Waals surface area contributed by atoms with Crippen LogP contribution >= 0.6 is 0 Å². The number of cyclic esters (lactones) is 1. The number of unbranched alkanes of at least 4 members (excludes halogenated alkanes) is 3. The minimum Gasteiger partial charge on any atom is -0.496 e. The molecule has 1 heterocycles. The van der Waals surface area contributed by atoms with Crippen LogP contribution in [-0.4, -0.2) is 32.1 Å². The summed E-state index contributed by atoms with van der Waals surface area (Å²) in [5.74, 6) is -0.340. The summed E-state index contributed by atoms with van der Waals surface area (Å²) in [5, 5.41) is 0.